The number of aldehydes is 1. The Labute approximate surface area is 260 Å². The number of amides is 1. The summed E-state index contributed by atoms with van der Waals surface area (Å²) in [5, 5.41) is 13.0. The van der Waals surface area contributed by atoms with E-state index < -0.39 is 5.60 Å². The van der Waals surface area contributed by atoms with Gasteiger partial charge in [0.1, 0.15) is 19.5 Å². The highest BCUT2D eigenvalue weighted by molar-refractivity contribution is 5.77. The molecule has 0 spiro atoms. The zero-order chi connectivity index (χ0) is 31.3. The van der Waals surface area contributed by atoms with Gasteiger partial charge in [-0.25, -0.2) is 0 Å². The molecule has 0 aromatic rings. The molecule has 0 aliphatic heterocycles. The van der Waals surface area contributed by atoms with Crippen LogP contribution in [0.3, 0.4) is 0 Å². The van der Waals surface area contributed by atoms with Crippen molar-refractivity contribution in [1.82, 2.24) is 5.32 Å². The van der Waals surface area contributed by atoms with E-state index >= 15 is 0 Å². The first-order valence-corrected chi connectivity index (χ1v) is 16.8. The summed E-state index contributed by atoms with van der Waals surface area (Å²) in [6, 6.07) is 0. The fraction of sp³-hybridized carbons (Fsp3) is 0.778. The number of carbonyl (C=O) groups is 2. The molecule has 0 saturated heterocycles. The summed E-state index contributed by atoms with van der Waals surface area (Å²) in [6.07, 6.45) is 18.9. The van der Waals surface area contributed by atoms with Crippen molar-refractivity contribution in [3.63, 3.8) is 0 Å². The predicted octanol–water partition coefficient (Wildman–Crippen LogP) is 6.50. The predicted molar refractivity (Wildman–Crippen MR) is 172 cm³/mol. The Morgan fingerprint density at radius 1 is 1.14 bits per heavy atom. The molecule has 7 nitrogen and oxygen atoms in total. The van der Waals surface area contributed by atoms with Gasteiger partial charge in [-0.3, -0.25) is 4.79 Å². The van der Waals surface area contributed by atoms with Crippen LogP contribution in [0.1, 0.15) is 105 Å². The van der Waals surface area contributed by atoms with Crippen LogP contribution in [0.2, 0.25) is 0 Å². The first-order chi connectivity index (χ1) is 20.5. The third kappa shape index (κ3) is 11.6. The molecule has 2 N–H and O–H groups in total. The normalized spacial score (nSPS) is 28.7. The smallest absolute Gasteiger partial charge is 0.246 e. The average molecular weight is 602 g/mol. The third-order valence-corrected chi connectivity index (χ3v) is 10.1. The molecule has 5 atom stereocenters. The molecule has 3 fully saturated rings. The van der Waals surface area contributed by atoms with Crippen LogP contribution >= 0.6 is 0 Å². The quantitative estimate of drug-likeness (QED) is 0.138. The lowest BCUT2D eigenvalue weighted by Crippen LogP contribution is -2.36. The van der Waals surface area contributed by atoms with Gasteiger partial charge in [0.05, 0.1) is 24.9 Å². The molecule has 3 saturated carbocycles. The number of hydrogen-bond acceptors (Lipinski definition) is 6. The molecule has 0 aromatic carbocycles. The second-order valence-electron chi connectivity index (χ2n) is 14.0. The average Bonchev–Trinajstić information content (AvgIpc) is 3.31. The van der Waals surface area contributed by atoms with E-state index in [2.05, 4.69) is 37.9 Å². The maximum atomic E-state index is 11.9. The summed E-state index contributed by atoms with van der Waals surface area (Å²) < 4.78 is 16.4. The van der Waals surface area contributed by atoms with E-state index in [9.17, 15) is 14.7 Å². The second-order valence-corrected chi connectivity index (χ2v) is 14.0. The molecular formula is C36H59NO6. The van der Waals surface area contributed by atoms with E-state index in [-0.39, 0.29) is 31.8 Å². The monoisotopic (exact) mass is 601 g/mol. The summed E-state index contributed by atoms with van der Waals surface area (Å²) in [5.41, 5.74) is 4.03. The highest BCUT2D eigenvalue weighted by Crippen LogP contribution is 2.60. The Bertz CT molecular complexity index is 965. The van der Waals surface area contributed by atoms with Crippen molar-refractivity contribution in [2.45, 2.75) is 116 Å². The number of ether oxygens (including phenoxy) is 3. The van der Waals surface area contributed by atoms with Crippen LogP contribution < -0.4 is 5.32 Å². The largest absolute Gasteiger partial charge is 0.390 e. The van der Waals surface area contributed by atoms with Crippen LogP contribution in [0, 0.1) is 23.2 Å². The second kappa shape index (κ2) is 17.6. The Morgan fingerprint density at radius 3 is 2.70 bits per heavy atom. The molecule has 3 aliphatic rings. The van der Waals surface area contributed by atoms with E-state index in [1.165, 1.54) is 49.7 Å². The van der Waals surface area contributed by atoms with E-state index in [0.717, 1.165) is 44.4 Å². The van der Waals surface area contributed by atoms with Gasteiger partial charge in [0.25, 0.3) is 0 Å². The molecule has 0 unspecified atom stereocenters. The van der Waals surface area contributed by atoms with Gasteiger partial charge in [-0.1, -0.05) is 56.6 Å². The van der Waals surface area contributed by atoms with Gasteiger partial charge in [-0.15, -0.1) is 0 Å². The molecule has 0 heterocycles. The maximum Gasteiger partial charge on any atom is 0.246 e. The lowest BCUT2D eigenvalue weighted by atomic mass is 9.60. The number of fused-ring (bicyclic) bond motifs is 1. The lowest BCUT2D eigenvalue weighted by molar-refractivity contribution is -0.126. The van der Waals surface area contributed by atoms with Crippen LogP contribution in [0.15, 0.2) is 35.5 Å². The summed E-state index contributed by atoms with van der Waals surface area (Å²) in [6.45, 7) is 15.0. The minimum atomic E-state index is -0.562. The molecule has 0 radical (unpaired) electrons. The van der Waals surface area contributed by atoms with Crippen molar-refractivity contribution in [3.05, 3.63) is 35.5 Å². The van der Waals surface area contributed by atoms with Gasteiger partial charge in [0.2, 0.25) is 5.91 Å². The van der Waals surface area contributed by atoms with Gasteiger partial charge >= 0.3 is 0 Å². The number of allylic oxidation sites excluding steroid dienone is 4. The SMILES string of the molecule is C=C1CC[C@H](OCCCNC(=O)COCCOCC=O)C/C1=C/C=C1\CCC[C@]2(C)[C@@H]([C@H](C)CCCC(C)(C)O)CC[C@@H]12. The number of hydrogen-bond donors (Lipinski definition) is 2. The standard InChI is InChI=1S/C36H59NO6/c1-27-11-14-31(43-21-8-19-37-34(39)26-42-24-23-41-22-20-38)25-30(27)13-12-29-10-7-18-36(5)32(15-16-33(29)36)28(2)9-6-17-35(3,4)40/h12-13,20,28,31-33,40H,1,6-11,14-19,21-26H2,2-5H3,(H,37,39)/b29-12+,30-13-/t28-,31+,32-,33+,36-/m1/s1. The van der Waals surface area contributed by atoms with Crippen molar-refractivity contribution >= 4 is 12.2 Å². The Morgan fingerprint density at radius 2 is 1.93 bits per heavy atom. The lowest BCUT2D eigenvalue weighted by Gasteiger charge is -2.44. The fourth-order valence-corrected chi connectivity index (χ4v) is 7.81. The van der Waals surface area contributed by atoms with Crippen molar-refractivity contribution in [2.24, 2.45) is 23.2 Å². The van der Waals surface area contributed by atoms with Crippen molar-refractivity contribution < 1.29 is 28.9 Å². The molecule has 1 amide bonds. The molecule has 3 rings (SSSR count). The molecule has 244 valence electrons. The van der Waals surface area contributed by atoms with Crippen molar-refractivity contribution in [3.8, 4) is 0 Å². The highest BCUT2D eigenvalue weighted by Gasteiger charge is 2.50. The van der Waals surface area contributed by atoms with Crippen molar-refractivity contribution in [1.29, 1.82) is 0 Å². The Hall–Kier alpha value is -1.80. The maximum absolute atomic E-state index is 11.9. The van der Waals surface area contributed by atoms with Crippen LogP contribution in [-0.2, 0) is 23.8 Å². The van der Waals surface area contributed by atoms with Crippen LogP contribution in [0.5, 0.6) is 0 Å². The van der Waals surface area contributed by atoms with E-state index in [1.807, 2.05) is 13.8 Å². The van der Waals surface area contributed by atoms with Crippen LogP contribution in [0.4, 0.5) is 0 Å². The summed E-state index contributed by atoms with van der Waals surface area (Å²) in [7, 11) is 0. The Balaban J connectivity index is 1.43. The molecule has 7 heteroatoms. The Kier molecular flexibility index (Phi) is 14.6. The van der Waals surface area contributed by atoms with Gasteiger partial charge in [-0.2, -0.15) is 0 Å². The summed E-state index contributed by atoms with van der Waals surface area (Å²) >= 11 is 0. The minimum absolute atomic E-state index is 0.0114. The number of carbonyl (C=O) groups excluding carboxylic acids is 2. The van der Waals surface area contributed by atoms with Gasteiger partial charge < -0.3 is 29.4 Å². The zero-order valence-electron chi connectivity index (χ0n) is 27.5. The molecule has 0 bridgehead atoms. The van der Waals surface area contributed by atoms with Gasteiger partial charge in [0, 0.05) is 13.2 Å². The van der Waals surface area contributed by atoms with E-state index in [0.29, 0.717) is 43.3 Å². The first kappa shape index (κ1) is 35.7. The summed E-state index contributed by atoms with van der Waals surface area (Å²) in [4.78, 5) is 22.1. The molecule has 0 aromatic heterocycles. The highest BCUT2D eigenvalue weighted by atomic mass is 16.5. The molecular weight excluding hydrogens is 542 g/mol. The van der Waals surface area contributed by atoms with Gasteiger partial charge in [0.15, 0.2) is 0 Å². The minimum Gasteiger partial charge on any atom is -0.390 e. The topological polar surface area (TPSA) is 94.1 Å². The van der Waals surface area contributed by atoms with Gasteiger partial charge in [-0.05, 0) is 107 Å². The van der Waals surface area contributed by atoms with Crippen LogP contribution in [-0.4, -0.2) is 68.6 Å². The zero-order valence-corrected chi connectivity index (χ0v) is 27.5. The van der Waals surface area contributed by atoms with Crippen molar-refractivity contribution in [2.75, 3.05) is 39.6 Å². The molecule has 3 aliphatic carbocycles. The van der Waals surface area contributed by atoms with E-state index in [1.54, 1.807) is 5.57 Å². The summed E-state index contributed by atoms with van der Waals surface area (Å²) in [5.74, 6) is 1.99. The number of rotatable bonds is 18. The number of aliphatic hydroxyl groups is 1. The first-order valence-electron chi connectivity index (χ1n) is 16.8. The molecule has 43 heavy (non-hydrogen) atoms. The van der Waals surface area contributed by atoms with E-state index in [4.69, 9.17) is 14.2 Å². The van der Waals surface area contributed by atoms with Crippen LogP contribution in [0.25, 0.3) is 0 Å². The number of nitrogens with one attached hydrogen (secondary N) is 1. The third-order valence-electron chi connectivity index (χ3n) is 10.1. The fourth-order valence-electron chi connectivity index (χ4n) is 7.81.